The molecule has 0 radical (unpaired) electrons. The first kappa shape index (κ1) is 39.9. The van der Waals surface area contributed by atoms with E-state index in [2.05, 4.69) is 74.4 Å². The summed E-state index contributed by atoms with van der Waals surface area (Å²) in [5, 5.41) is 3.77. The van der Waals surface area contributed by atoms with E-state index in [0.29, 0.717) is 18.9 Å². The number of alkyl carbamates (subject to hydrolysis) is 1. The van der Waals surface area contributed by atoms with Crippen LogP contribution in [0, 0.1) is 5.92 Å². The van der Waals surface area contributed by atoms with E-state index in [1.54, 1.807) is 4.90 Å². The quantitative estimate of drug-likeness (QED) is 0.137. The van der Waals surface area contributed by atoms with E-state index in [1.807, 2.05) is 70.1 Å². The zero-order chi connectivity index (χ0) is 42.6. The molecule has 4 atom stereocenters. The maximum atomic E-state index is 13.8. The topological polar surface area (TPSA) is 160 Å². The molecule has 9 rings (SSSR count). The standard InChI is InChI=1S/C47H52N8O6/c1-27(2)40(52-45(57)59-6)43(56)53-20-10-14-36(53)41-48-26-34(51-41)30-16-18-32-38-23-31-22-29(17-19-35(31)55(38)44(60-39(32)24-30)28-12-8-7-9-13-28)33-25-49-42(50-33)37-15-11-21-54(37)46(58)61-47(3,4)5/h7-9,12-13,16-19,22-27,36-37,40,44H,10-11,14-15,20-21H2,1-6H3,(H,48,51)(H,49,50)(H,52,57)/t36?,37-,40-,44-/m0/s1. The van der Waals surface area contributed by atoms with Gasteiger partial charge in [0.25, 0.3) is 0 Å². The summed E-state index contributed by atoms with van der Waals surface area (Å²) in [7, 11) is 1.29. The van der Waals surface area contributed by atoms with Crippen molar-refractivity contribution in [3.8, 4) is 39.5 Å². The number of benzene rings is 3. The van der Waals surface area contributed by atoms with Crippen molar-refractivity contribution in [1.29, 1.82) is 0 Å². The summed E-state index contributed by atoms with van der Waals surface area (Å²) in [5.74, 6) is 1.92. The van der Waals surface area contributed by atoms with E-state index in [1.165, 1.54) is 7.11 Å². The molecule has 14 heteroatoms. The lowest BCUT2D eigenvalue weighted by molar-refractivity contribution is -0.135. The maximum absolute atomic E-state index is 13.8. The van der Waals surface area contributed by atoms with Crippen molar-refractivity contribution in [2.45, 2.75) is 90.3 Å². The molecule has 3 amide bonds. The van der Waals surface area contributed by atoms with Gasteiger partial charge in [0.1, 0.15) is 29.0 Å². The molecule has 61 heavy (non-hydrogen) atoms. The minimum atomic E-state index is -0.710. The summed E-state index contributed by atoms with van der Waals surface area (Å²) in [5.41, 5.74) is 7.05. The molecule has 0 aliphatic carbocycles. The van der Waals surface area contributed by atoms with Crippen LogP contribution in [0.25, 0.3) is 44.7 Å². The summed E-state index contributed by atoms with van der Waals surface area (Å²) < 4.78 is 19.7. The number of amides is 3. The van der Waals surface area contributed by atoms with Gasteiger partial charge in [-0.2, -0.15) is 0 Å². The Bertz CT molecular complexity index is 2600. The summed E-state index contributed by atoms with van der Waals surface area (Å²) in [6.07, 6.45) is 5.57. The summed E-state index contributed by atoms with van der Waals surface area (Å²) in [6.45, 7) is 10.7. The van der Waals surface area contributed by atoms with Crippen LogP contribution in [0.1, 0.15) is 95.8 Å². The van der Waals surface area contributed by atoms with Crippen LogP contribution in [0.15, 0.2) is 85.2 Å². The third kappa shape index (κ3) is 7.59. The van der Waals surface area contributed by atoms with Gasteiger partial charge in [0.15, 0.2) is 0 Å². The largest absolute Gasteiger partial charge is 0.465 e. The van der Waals surface area contributed by atoms with E-state index in [-0.39, 0.29) is 30.0 Å². The first-order valence-corrected chi connectivity index (χ1v) is 21.1. The number of aromatic nitrogens is 5. The Morgan fingerprint density at radius 1 is 0.836 bits per heavy atom. The molecule has 1 unspecified atom stereocenters. The number of hydrogen-bond acceptors (Lipinski definition) is 8. The van der Waals surface area contributed by atoms with E-state index in [4.69, 9.17) is 24.2 Å². The van der Waals surface area contributed by atoms with Gasteiger partial charge in [0.2, 0.25) is 12.1 Å². The number of nitrogens with one attached hydrogen (secondary N) is 3. The van der Waals surface area contributed by atoms with Crippen molar-refractivity contribution in [3.05, 3.63) is 102 Å². The number of nitrogens with zero attached hydrogens (tertiary/aromatic N) is 5. The number of rotatable bonds is 8. The molecule has 3 aromatic carbocycles. The summed E-state index contributed by atoms with van der Waals surface area (Å²) in [6, 6.07) is 23.9. The third-order valence-corrected chi connectivity index (χ3v) is 11.9. The number of H-pyrrole nitrogens is 2. The fourth-order valence-electron chi connectivity index (χ4n) is 8.96. The minimum absolute atomic E-state index is 0.123. The first-order valence-electron chi connectivity index (χ1n) is 21.1. The van der Waals surface area contributed by atoms with Crippen molar-refractivity contribution in [3.63, 3.8) is 0 Å². The molecule has 0 spiro atoms. The lowest BCUT2D eigenvalue weighted by Gasteiger charge is -2.30. The van der Waals surface area contributed by atoms with Crippen LogP contribution < -0.4 is 10.1 Å². The Kier molecular flexibility index (Phi) is 10.3. The van der Waals surface area contributed by atoms with Crippen molar-refractivity contribution in [2.75, 3.05) is 20.2 Å². The average Bonchev–Trinajstić information content (AvgIpc) is 4.10. The molecular formula is C47H52N8O6. The van der Waals surface area contributed by atoms with Gasteiger partial charge in [-0.15, -0.1) is 0 Å². The third-order valence-electron chi connectivity index (χ3n) is 11.9. The molecule has 0 bridgehead atoms. The Labute approximate surface area is 354 Å². The number of methoxy groups -OCH3 is 1. The van der Waals surface area contributed by atoms with Crippen LogP contribution in [-0.2, 0) is 14.3 Å². The monoisotopic (exact) mass is 824 g/mol. The van der Waals surface area contributed by atoms with Gasteiger partial charge in [-0.25, -0.2) is 19.6 Å². The van der Waals surface area contributed by atoms with Crippen molar-refractivity contribution < 1.29 is 28.6 Å². The molecule has 2 fully saturated rings. The zero-order valence-corrected chi connectivity index (χ0v) is 35.4. The molecule has 2 saturated heterocycles. The molecule has 6 heterocycles. The first-order chi connectivity index (χ1) is 29.4. The van der Waals surface area contributed by atoms with Gasteiger partial charge in [-0.05, 0) is 82.7 Å². The number of likely N-dealkylation sites (tertiary alicyclic amines) is 2. The number of imidazole rings is 2. The smallest absolute Gasteiger partial charge is 0.410 e. The van der Waals surface area contributed by atoms with Crippen LogP contribution in [0.5, 0.6) is 5.75 Å². The predicted molar refractivity (Wildman–Crippen MR) is 231 cm³/mol. The molecule has 3 aromatic heterocycles. The van der Waals surface area contributed by atoms with Gasteiger partial charge in [-0.1, -0.05) is 56.3 Å². The van der Waals surface area contributed by atoms with Crippen molar-refractivity contribution in [2.24, 2.45) is 5.92 Å². The maximum Gasteiger partial charge on any atom is 0.410 e. The molecule has 3 aliphatic heterocycles. The number of carbonyl (C=O) groups excluding carboxylic acids is 3. The van der Waals surface area contributed by atoms with Crippen LogP contribution in [0.2, 0.25) is 0 Å². The highest BCUT2D eigenvalue weighted by Crippen LogP contribution is 2.46. The molecule has 6 aromatic rings. The van der Waals surface area contributed by atoms with Crippen LogP contribution >= 0.6 is 0 Å². The number of aromatic amines is 2. The lowest BCUT2D eigenvalue weighted by Crippen LogP contribution is -2.51. The van der Waals surface area contributed by atoms with Gasteiger partial charge >= 0.3 is 12.2 Å². The van der Waals surface area contributed by atoms with Crippen LogP contribution in [0.4, 0.5) is 9.59 Å². The Morgan fingerprint density at radius 3 is 2.13 bits per heavy atom. The number of hydrogen-bond donors (Lipinski definition) is 3. The highest BCUT2D eigenvalue weighted by atomic mass is 16.6. The van der Waals surface area contributed by atoms with Crippen LogP contribution in [0.3, 0.4) is 0 Å². The average molecular weight is 825 g/mol. The number of carbonyl (C=O) groups is 3. The second-order valence-electron chi connectivity index (χ2n) is 17.5. The molecule has 316 valence electrons. The SMILES string of the molecule is COC(=O)N[C@H](C(=O)N1CCCC1c1ncc(-c2ccc3c(c2)O[C@@H](c2ccccc2)n2c-3cc3cc(-c4cnc([C@@H]5CCCN5C(=O)OC(C)(C)C)[nH]4)ccc32)[nH]1)C(C)C. The lowest BCUT2D eigenvalue weighted by atomic mass is 10.0. The van der Waals surface area contributed by atoms with Crippen LogP contribution in [-0.4, -0.2) is 84.2 Å². The summed E-state index contributed by atoms with van der Waals surface area (Å²) in [4.78, 5) is 59.0. The van der Waals surface area contributed by atoms with Crippen molar-refractivity contribution in [1.82, 2.24) is 39.6 Å². The number of fused-ring (bicyclic) bond motifs is 5. The van der Waals surface area contributed by atoms with Gasteiger partial charge in [0.05, 0.1) is 54.2 Å². The Balaban J connectivity index is 1.01. The van der Waals surface area contributed by atoms with Crippen molar-refractivity contribution >= 4 is 29.0 Å². The fraction of sp³-hybridized carbons (Fsp3) is 0.383. The van der Waals surface area contributed by atoms with E-state index in [0.717, 1.165) is 87.5 Å². The van der Waals surface area contributed by atoms with E-state index in [9.17, 15) is 14.4 Å². The fourth-order valence-corrected chi connectivity index (χ4v) is 8.96. The molecular weight excluding hydrogens is 773 g/mol. The molecule has 14 nitrogen and oxygen atoms in total. The molecule has 3 aliphatic rings. The second-order valence-corrected chi connectivity index (χ2v) is 17.5. The van der Waals surface area contributed by atoms with Gasteiger partial charge in [0, 0.05) is 40.7 Å². The minimum Gasteiger partial charge on any atom is -0.465 e. The number of ether oxygens (including phenoxy) is 3. The summed E-state index contributed by atoms with van der Waals surface area (Å²) >= 11 is 0. The Hall–Kier alpha value is -6.57. The van der Waals surface area contributed by atoms with Gasteiger partial charge < -0.3 is 39.0 Å². The highest BCUT2D eigenvalue weighted by molar-refractivity contribution is 5.92. The van der Waals surface area contributed by atoms with Gasteiger partial charge in [-0.3, -0.25) is 9.69 Å². The molecule has 3 N–H and O–H groups in total. The second kappa shape index (κ2) is 15.8. The Morgan fingerprint density at radius 2 is 1.48 bits per heavy atom. The van der Waals surface area contributed by atoms with E-state index < -0.39 is 24.0 Å². The molecule has 0 saturated carbocycles. The highest BCUT2D eigenvalue weighted by Gasteiger charge is 2.38. The zero-order valence-electron chi connectivity index (χ0n) is 35.4. The normalized spacial score (nSPS) is 19.1. The van der Waals surface area contributed by atoms with E-state index >= 15 is 0 Å². The predicted octanol–water partition coefficient (Wildman–Crippen LogP) is 9.14.